The van der Waals surface area contributed by atoms with Gasteiger partial charge in [-0.05, 0) is 35.9 Å². The number of ether oxygens (including phenoxy) is 1. The van der Waals surface area contributed by atoms with Crippen molar-refractivity contribution in [2.45, 2.75) is 6.10 Å². The minimum atomic E-state index is -0.266. The van der Waals surface area contributed by atoms with Gasteiger partial charge in [-0.25, -0.2) is 0 Å². The number of carbonyl (C=O) groups excluding carboxylic acids is 2. The molecule has 0 aliphatic carbocycles. The summed E-state index contributed by atoms with van der Waals surface area (Å²) in [6.07, 6.45) is -0.151. The van der Waals surface area contributed by atoms with E-state index < -0.39 is 0 Å². The van der Waals surface area contributed by atoms with E-state index in [1.165, 1.54) is 0 Å². The average Bonchev–Trinajstić information content (AvgIpc) is 2.66. The molecule has 2 aromatic rings. The molecule has 1 aliphatic heterocycles. The first-order valence-electron chi connectivity index (χ1n) is 8.21. The number of nitrogens with zero attached hydrogens (tertiary/aromatic N) is 1. The molecule has 2 amide bonds. The van der Waals surface area contributed by atoms with Crippen molar-refractivity contribution in [1.29, 1.82) is 0 Å². The number of nitrogens with one attached hydrogen (secondary N) is 1. The second-order valence-corrected chi connectivity index (χ2v) is 7.78. The van der Waals surface area contributed by atoms with Crippen LogP contribution in [0.25, 0.3) is 0 Å². The molecule has 1 fully saturated rings. The number of morpholine rings is 1. The van der Waals surface area contributed by atoms with E-state index in [1.54, 1.807) is 23.1 Å². The quantitative estimate of drug-likeness (QED) is 0.726. The minimum Gasteiger partial charge on any atom is -0.370 e. The van der Waals surface area contributed by atoms with Gasteiger partial charge >= 0.3 is 0 Å². The molecule has 1 unspecified atom stereocenters. The van der Waals surface area contributed by atoms with E-state index in [0.29, 0.717) is 25.3 Å². The number of halogens is 2. The Bertz CT molecular complexity index is 796. The maximum atomic E-state index is 12.5. The minimum absolute atomic E-state index is 0.0294. The summed E-state index contributed by atoms with van der Waals surface area (Å²) in [7, 11) is 0. The lowest BCUT2D eigenvalue weighted by atomic mass is 10.1. The summed E-state index contributed by atoms with van der Waals surface area (Å²) in [5.74, 6) is -0.379. The first-order valence-corrected chi connectivity index (χ1v) is 9.80. The highest BCUT2D eigenvalue weighted by Crippen LogP contribution is 2.23. The van der Waals surface area contributed by atoms with Crippen LogP contribution in [0.5, 0.6) is 0 Å². The Labute approximate surface area is 169 Å². The van der Waals surface area contributed by atoms with E-state index in [2.05, 4.69) is 37.2 Å². The molecular weight excluding hydrogens is 464 g/mol. The lowest BCUT2D eigenvalue weighted by Gasteiger charge is -2.33. The van der Waals surface area contributed by atoms with E-state index in [0.717, 1.165) is 14.5 Å². The molecule has 1 N–H and O–H groups in total. The normalized spacial score (nSPS) is 17.0. The van der Waals surface area contributed by atoms with Gasteiger partial charge in [0, 0.05) is 21.1 Å². The number of carbonyl (C=O) groups is 2. The fourth-order valence-electron chi connectivity index (χ4n) is 2.75. The molecule has 1 saturated heterocycles. The van der Waals surface area contributed by atoms with Gasteiger partial charge < -0.3 is 15.0 Å². The maximum Gasteiger partial charge on any atom is 0.251 e. The van der Waals surface area contributed by atoms with Gasteiger partial charge in [-0.2, -0.15) is 0 Å². The van der Waals surface area contributed by atoms with Crippen LogP contribution in [0.15, 0.2) is 57.5 Å². The lowest BCUT2D eigenvalue weighted by Crippen LogP contribution is -2.46. The largest absolute Gasteiger partial charge is 0.370 e. The molecule has 0 spiro atoms. The van der Waals surface area contributed by atoms with Crippen LogP contribution in [0.1, 0.15) is 22.0 Å². The zero-order chi connectivity index (χ0) is 18.5. The summed E-state index contributed by atoms with van der Waals surface area (Å²) in [6, 6.07) is 14.9. The van der Waals surface area contributed by atoms with E-state index in [-0.39, 0.29) is 24.5 Å². The van der Waals surface area contributed by atoms with Crippen molar-refractivity contribution < 1.29 is 14.3 Å². The summed E-state index contributed by atoms with van der Waals surface area (Å²) in [5, 5.41) is 2.69. The van der Waals surface area contributed by atoms with Gasteiger partial charge in [-0.15, -0.1) is 0 Å². The number of amides is 2. The third kappa shape index (κ3) is 4.93. The predicted molar refractivity (Wildman–Crippen MR) is 106 cm³/mol. The number of rotatable bonds is 4. The van der Waals surface area contributed by atoms with Crippen molar-refractivity contribution in [3.05, 3.63) is 68.6 Å². The number of benzene rings is 2. The second-order valence-electron chi connectivity index (χ2n) is 5.94. The zero-order valence-corrected chi connectivity index (χ0v) is 17.1. The number of hydrogen-bond donors (Lipinski definition) is 1. The monoisotopic (exact) mass is 480 g/mol. The van der Waals surface area contributed by atoms with Gasteiger partial charge in [-0.1, -0.05) is 50.1 Å². The molecule has 1 aliphatic rings. The highest BCUT2D eigenvalue weighted by molar-refractivity contribution is 9.10. The molecule has 7 heteroatoms. The van der Waals surface area contributed by atoms with Crippen LogP contribution in [-0.4, -0.2) is 43.0 Å². The van der Waals surface area contributed by atoms with Crippen LogP contribution in [-0.2, 0) is 9.53 Å². The molecule has 2 aromatic carbocycles. The molecular formula is C19H18Br2N2O3. The van der Waals surface area contributed by atoms with E-state index >= 15 is 0 Å². The van der Waals surface area contributed by atoms with E-state index in [4.69, 9.17) is 4.74 Å². The average molecular weight is 482 g/mol. The predicted octanol–water partition coefficient (Wildman–Crippen LogP) is 3.54. The van der Waals surface area contributed by atoms with Crippen molar-refractivity contribution in [2.24, 2.45) is 0 Å². The summed E-state index contributed by atoms with van der Waals surface area (Å²) in [4.78, 5) is 26.4. The molecule has 0 radical (unpaired) electrons. The van der Waals surface area contributed by atoms with E-state index in [9.17, 15) is 9.59 Å². The second kappa shape index (κ2) is 8.79. The maximum absolute atomic E-state index is 12.5. The SMILES string of the molecule is O=C(NCC(=O)N1CCOC(c2ccc(Br)cc2)C1)c1cccc(Br)c1. The first kappa shape index (κ1) is 19.1. The third-order valence-corrected chi connectivity index (χ3v) is 5.17. The summed E-state index contributed by atoms with van der Waals surface area (Å²) in [6.45, 7) is 1.45. The zero-order valence-electron chi connectivity index (χ0n) is 14.0. The topological polar surface area (TPSA) is 58.6 Å². The molecule has 136 valence electrons. The van der Waals surface area contributed by atoms with Gasteiger partial charge in [0.1, 0.15) is 6.10 Å². The van der Waals surface area contributed by atoms with Crippen molar-refractivity contribution in [1.82, 2.24) is 10.2 Å². The Morgan fingerprint density at radius 1 is 1.12 bits per heavy atom. The molecule has 5 nitrogen and oxygen atoms in total. The van der Waals surface area contributed by atoms with Crippen molar-refractivity contribution >= 4 is 43.7 Å². The summed E-state index contributed by atoms with van der Waals surface area (Å²) in [5.41, 5.74) is 1.55. The lowest BCUT2D eigenvalue weighted by molar-refractivity contribution is -0.137. The van der Waals surface area contributed by atoms with Crippen LogP contribution >= 0.6 is 31.9 Å². The van der Waals surface area contributed by atoms with Gasteiger partial charge in [-0.3, -0.25) is 9.59 Å². The molecule has 0 saturated carbocycles. The smallest absolute Gasteiger partial charge is 0.251 e. The third-order valence-electron chi connectivity index (χ3n) is 4.15. The first-order chi connectivity index (χ1) is 12.5. The van der Waals surface area contributed by atoms with Crippen LogP contribution < -0.4 is 5.32 Å². The molecule has 1 atom stereocenters. The van der Waals surface area contributed by atoms with Gasteiger partial charge in [0.15, 0.2) is 0 Å². The molecule has 0 bridgehead atoms. The molecule has 3 rings (SSSR count). The van der Waals surface area contributed by atoms with Crippen molar-refractivity contribution in [3.63, 3.8) is 0 Å². The van der Waals surface area contributed by atoms with Gasteiger partial charge in [0.05, 0.1) is 19.7 Å². The molecule has 0 aromatic heterocycles. The van der Waals surface area contributed by atoms with Crippen LogP contribution in [0, 0.1) is 0 Å². The fourth-order valence-corrected chi connectivity index (χ4v) is 3.42. The van der Waals surface area contributed by atoms with Crippen molar-refractivity contribution in [3.8, 4) is 0 Å². The Kier molecular flexibility index (Phi) is 6.45. The Morgan fingerprint density at radius 2 is 1.88 bits per heavy atom. The Balaban J connectivity index is 1.55. The highest BCUT2D eigenvalue weighted by atomic mass is 79.9. The van der Waals surface area contributed by atoms with Gasteiger partial charge in [0.25, 0.3) is 5.91 Å². The van der Waals surface area contributed by atoms with Crippen LogP contribution in [0.4, 0.5) is 0 Å². The van der Waals surface area contributed by atoms with Gasteiger partial charge in [0.2, 0.25) is 5.91 Å². The molecule has 26 heavy (non-hydrogen) atoms. The standard InChI is InChI=1S/C19H18Br2N2O3/c20-15-6-4-13(5-7-15)17-12-23(8-9-26-17)18(24)11-22-19(25)14-2-1-3-16(21)10-14/h1-7,10,17H,8-9,11-12H2,(H,22,25). The Hall–Kier alpha value is -1.70. The summed E-state index contributed by atoms with van der Waals surface area (Å²) >= 11 is 6.75. The van der Waals surface area contributed by atoms with Crippen molar-refractivity contribution in [2.75, 3.05) is 26.2 Å². The van der Waals surface area contributed by atoms with E-state index in [1.807, 2.05) is 30.3 Å². The Morgan fingerprint density at radius 3 is 2.62 bits per heavy atom. The molecule has 1 heterocycles. The van der Waals surface area contributed by atoms with Crippen LogP contribution in [0.3, 0.4) is 0 Å². The fraction of sp³-hybridized carbons (Fsp3) is 0.263. The number of hydrogen-bond acceptors (Lipinski definition) is 3. The highest BCUT2D eigenvalue weighted by Gasteiger charge is 2.25. The van der Waals surface area contributed by atoms with Crippen LogP contribution in [0.2, 0.25) is 0 Å². The summed E-state index contributed by atoms with van der Waals surface area (Å²) < 4.78 is 7.61.